The monoisotopic (exact) mass is 518 g/mol. The van der Waals surface area contributed by atoms with Crippen molar-refractivity contribution in [3.63, 3.8) is 0 Å². The summed E-state index contributed by atoms with van der Waals surface area (Å²) >= 11 is 0. The van der Waals surface area contributed by atoms with Gasteiger partial charge >= 0.3 is 0 Å². The van der Waals surface area contributed by atoms with Gasteiger partial charge in [0.1, 0.15) is 11.5 Å². The number of benzene rings is 3. The van der Waals surface area contributed by atoms with Gasteiger partial charge in [0, 0.05) is 0 Å². The Labute approximate surface area is 234 Å². The van der Waals surface area contributed by atoms with Gasteiger partial charge in [0.2, 0.25) is 0 Å². The molecular weight excluding hydrogens is 464 g/mol. The Morgan fingerprint density at radius 1 is 0.447 bits per heavy atom. The van der Waals surface area contributed by atoms with Gasteiger partial charge in [-0.1, -0.05) is 114 Å². The number of hydrogen-bond acceptors (Lipinski definition) is 2. The molecule has 0 atom stereocenters. The van der Waals surface area contributed by atoms with E-state index in [-0.39, 0.29) is 0 Å². The molecule has 3 rings (SSSR count). The molecule has 210 valence electrons. The van der Waals surface area contributed by atoms with Crippen LogP contribution >= 0.6 is 0 Å². The largest absolute Gasteiger partial charge is 0.493 e. The van der Waals surface area contributed by atoms with Gasteiger partial charge in [0.25, 0.3) is 0 Å². The van der Waals surface area contributed by atoms with E-state index in [9.17, 15) is 0 Å². The maximum Gasteiger partial charge on any atom is 0.122 e. The van der Waals surface area contributed by atoms with Gasteiger partial charge in [-0.25, -0.2) is 0 Å². The van der Waals surface area contributed by atoms with Crippen molar-refractivity contribution < 1.29 is 9.47 Å². The average molecular weight is 519 g/mol. The number of rotatable bonds is 16. The summed E-state index contributed by atoms with van der Waals surface area (Å²) in [5, 5.41) is 2.75. The Balaban J connectivity index is 0.000000347. The maximum absolute atomic E-state index is 6.00. The molecule has 2 heteroatoms. The Bertz CT molecular complexity index is 968. The minimum Gasteiger partial charge on any atom is -0.493 e. The van der Waals surface area contributed by atoms with Gasteiger partial charge in [-0.2, -0.15) is 0 Å². The second-order valence-electron chi connectivity index (χ2n) is 10.9. The molecule has 38 heavy (non-hydrogen) atoms. The lowest BCUT2D eigenvalue weighted by atomic mass is 10.0. The second kappa shape index (κ2) is 18.7. The van der Waals surface area contributed by atoms with Gasteiger partial charge in [-0.3, -0.25) is 0 Å². The van der Waals surface area contributed by atoms with Crippen LogP contribution in [-0.4, -0.2) is 13.2 Å². The first-order valence-electron chi connectivity index (χ1n) is 15.3. The van der Waals surface area contributed by atoms with Crippen LogP contribution in [0.15, 0.2) is 48.5 Å². The van der Waals surface area contributed by atoms with Crippen molar-refractivity contribution in [3.8, 4) is 11.5 Å². The molecule has 0 aromatic heterocycles. The van der Waals surface area contributed by atoms with Gasteiger partial charge in [-0.15, -0.1) is 0 Å². The van der Waals surface area contributed by atoms with Crippen LogP contribution in [0.25, 0.3) is 10.8 Å². The third kappa shape index (κ3) is 11.5. The van der Waals surface area contributed by atoms with Crippen molar-refractivity contribution in [2.45, 2.75) is 119 Å². The normalized spacial score (nSPS) is 10.8. The van der Waals surface area contributed by atoms with Crippen LogP contribution in [0.5, 0.6) is 11.5 Å². The van der Waals surface area contributed by atoms with Gasteiger partial charge in [-0.05, 0) is 85.7 Å². The molecule has 3 aromatic rings. The van der Waals surface area contributed by atoms with Gasteiger partial charge in [0.05, 0.1) is 13.2 Å². The minimum atomic E-state index is 0.824. The smallest absolute Gasteiger partial charge is 0.122 e. The maximum atomic E-state index is 6.00. The van der Waals surface area contributed by atoms with E-state index in [0.29, 0.717) is 0 Å². The van der Waals surface area contributed by atoms with Gasteiger partial charge < -0.3 is 9.47 Å². The molecule has 0 N–H and O–H groups in total. The van der Waals surface area contributed by atoms with Crippen molar-refractivity contribution in [1.29, 1.82) is 0 Å². The summed E-state index contributed by atoms with van der Waals surface area (Å²) in [5.74, 6) is 2.03. The summed E-state index contributed by atoms with van der Waals surface area (Å²) in [5.41, 5.74) is 5.08. The first-order valence-corrected chi connectivity index (χ1v) is 15.3. The van der Waals surface area contributed by atoms with Crippen LogP contribution in [0.4, 0.5) is 0 Å². The second-order valence-corrected chi connectivity index (χ2v) is 10.9. The highest BCUT2D eigenvalue weighted by Gasteiger charge is 2.07. The Morgan fingerprint density at radius 3 is 1.21 bits per heavy atom. The fraction of sp³-hybridized carbons (Fsp3) is 0.556. The van der Waals surface area contributed by atoms with E-state index in [2.05, 4.69) is 90.1 Å². The van der Waals surface area contributed by atoms with Crippen LogP contribution in [0.3, 0.4) is 0 Å². The number of hydrogen-bond donors (Lipinski definition) is 0. The van der Waals surface area contributed by atoms with Crippen LogP contribution in [0.1, 0.15) is 113 Å². The highest BCUT2D eigenvalue weighted by molar-refractivity contribution is 5.88. The number of fused-ring (bicyclic) bond motifs is 1. The highest BCUT2D eigenvalue weighted by Crippen LogP contribution is 2.28. The number of aryl methyl sites for hydroxylation is 4. The zero-order valence-electron chi connectivity index (χ0n) is 25.3. The molecule has 3 aromatic carbocycles. The van der Waals surface area contributed by atoms with Crippen molar-refractivity contribution in [3.05, 3.63) is 70.8 Å². The molecule has 0 radical (unpaired) electrons. The Kier molecular flexibility index (Phi) is 15.6. The van der Waals surface area contributed by atoms with Crippen molar-refractivity contribution in [2.24, 2.45) is 0 Å². The van der Waals surface area contributed by atoms with E-state index in [1.54, 1.807) is 0 Å². The lowest BCUT2D eigenvalue weighted by Crippen LogP contribution is -2.02. The van der Waals surface area contributed by atoms with E-state index in [0.717, 1.165) is 37.6 Å². The molecule has 0 heterocycles. The molecule has 0 fully saturated rings. The van der Waals surface area contributed by atoms with E-state index in [1.165, 1.54) is 97.2 Å². The standard InChI is InChI=1S/C24H42O2.C12H12/c1-5-7-9-11-13-15-17-25-23-19-22(4)24(20-21(23)3)26-18-16-14-12-10-8-6-2;1-9-7-8-10(2)12-6-4-3-5-11(9)12/h19-20H,5-18H2,1-4H3;3-8H,1-2H3. The quantitative estimate of drug-likeness (QED) is 0.176. The molecule has 0 aliphatic heterocycles. The molecule has 0 bridgehead atoms. The first kappa shape index (κ1) is 31.7. The zero-order valence-corrected chi connectivity index (χ0v) is 25.3. The lowest BCUT2D eigenvalue weighted by molar-refractivity contribution is 0.293. The fourth-order valence-corrected chi connectivity index (χ4v) is 4.80. The van der Waals surface area contributed by atoms with Gasteiger partial charge in [0.15, 0.2) is 0 Å². The molecule has 0 unspecified atom stereocenters. The third-order valence-electron chi connectivity index (χ3n) is 7.34. The highest BCUT2D eigenvalue weighted by atomic mass is 16.5. The molecular formula is C36H54O2. The van der Waals surface area contributed by atoms with E-state index in [1.807, 2.05) is 0 Å². The molecule has 0 saturated heterocycles. The van der Waals surface area contributed by atoms with Crippen molar-refractivity contribution >= 4 is 10.8 Å². The fourth-order valence-electron chi connectivity index (χ4n) is 4.80. The minimum absolute atomic E-state index is 0.824. The van der Waals surface area contributed by atoms with Crippen LogP contribution < -0.4 is 9.47 Å². The third-order valence-corrected chi connectivity index (χ3v) is 7.34. The van der Waals surface area contributed by atoms with Crippen LogP contribution in [-0.2, 0) is 0 Å². The SMILES string of the molecule is CCCCCCCCOc1cc(C)c(OCCCCCCCC)cc1C.Cc1ccc(C)c2ccccc12. The van der Waals surface area contributed by atoms with Crippen LogP contribution in [0.2, 0.25) is 0 Å². The van der Waals surface area contributed by atoms with E-state index >= 15 is 0 Å². The summed E-state index contributed by atoms with van der Waals surface area (Å²) in [6, 6.07) is 17.2. The number of unbranched alkanes of at least 4 members (excludes halogenated alkanes) is 10. The summed E-state index contributed by atoms with van der Waals surface area (Å²) in [6.45, 7) is 14.7. The molecule has 0 aliphatic carbocycles. The summed E-state index contributed by atoms with van der Waals surface area (Å²) < 4.78 is 12.0. The molecule has 0 aliphatic rings. The molecule has 2 nitrogen and oxygen atoms in total. The van der Waals surface area contributed by atoms with Crippen LogP contribution in [0, 0.1) is 27.7 Å². The number of ether oxygens (including phenoxy) is 2. The molecule has 0 saturated carbocycles. The van der Waals surface area contributed by atoms with Crippen molar-refractivity contribution in [2.75, 3.05) is 13.2 Å². The molecule has 0 amide bonds. The van der Waals surface area contributed by atoms with E-state index < -0.39 is 0 Å². The molecule has 0 spiro atoms. The summed E-state index contributed by atoms with van der Waals surface area (Å²) in [6.07, 6.45) is 15.6. The van der Waals surface area contributed by atoms with E-state index in [4.69, 9.17) is 9.47 Å². The first-order chi connectivity index (χ1) is 18.5. The van der Waals surface area contributed by atoms with Crippen molar-refractivity contribution in [1.82, 2.24) is 0 Å². The Morgan fingerprint density at radius 2 is 0.816 bits per heavy atom. The zero-order chi connectivity index (χ0) is 27.6. The summed E-state index contributed by atoms with van der Waals surface area (Å²) in [4.78, 5) is 0. The topological polar surface area (TPSA) is 18.5 Å². The lowest BCUT2D eigenvalue weighted by Gasteiger charge is -2.14. The Hall–Kier alpha value is -2.48. The predicted molar refractivity (Wildman–Crippen MR) is 167 cm³/mol. The predicted octanol–water partition coefficient (Wildman–Crippen LogP) is 11.2. The summed E-state index contributed by atoms with van der Waals surface area (Å²) in [7, 11) is 0. The average Bonchev–Trinajstić information content (AvgIpc) is 2.92.